The van der Waals surface area contributed by atoms with Crippen LogP contribution in [0.5, 0.6) is 0 Å². The molecule has 0 saturated heterocycles. The quantitative estimate of drug-likeness (QED) is 0.722. The van der Waals surface area contributed by atoms with Gasteiger partial charge in [0.05, 0.1) is 12.7 Å². The van der Waals surface area contributed by atoms with Gasteiger partial charge in [-0.3, -0.25) is 9.48 Å². The number of rotatable bonds is 7. The second kappa shape index (κ2) is 5.82. The summed E-state index contributed by atoms with van der Waals surface area (Å²) in [4.78, 5) is 11.5. The lowest BCUT2D eigenvalue weighted by Gasteiger charge is -2.06. The number of aromatic nitrogens is 2. The van der Waals surface area contributed by atoms with Gasteiger partial charge in [0.15, 0.2) is 0 Å². The Morgan fingerprint density at radius 2 is 2.35 bits per heavy atom. The Morgan fingerprint density at radius 1 is 1.53 bits per heavy atom. The lowest BCUT2D eigenvalue weighted by atomic mass is 10.4. The lowest BCUT2D eigenvalue weighted by Crippen LogP contribution is -2.30. The maximum Gasteiger partial charge on any atom is 0.221 e. The van der Waals surface area contributed by atoms with Gasteiger partial charge in [-0.25, -0.2) is 0 Å². The second-order valence-corrected chi connectivity index (χ2v) is 4.61. The molecule has 1 aromatic rings. The first-order valence-corrected chi connectivity index (χ1v) is 6.23. The van der Waals surface area contributed by atoms with Crippen molar-refractivity contribution in [2.75, 3.05) is 13.1 Å². The predicted octanol–water partition coefficient (Wildman–Crippen LogP) is 0.450. The summed E-state index contributed by atoms with van der Waals surface area (Å²) in [5, 5.41) is 10.4. The van der Waals surface area contributed by atoms with Crippen LogP contribution < -0.4 is 10.6 Å². The van der Waals surface area contributed by atoms with Gasteiger partial charge in [0.1, 0.15) is 0 Å². The summed E-state index contributed by atoms with van der Waals surface area (Å²) in [6, 6.07) is 0.676. The maximum atomic E-state index is 11.5. The van der Waals surface area contributed by atoms with Crippen LogP contribution in [0.3, 0.4) is 0 Å². The van der Waals surface area contributed by atoms with Gasteiger partial charge in [0.25, 0.3) is 0 Å². The lowest BCUT2D eigenvalue weighted by molar-refractivity contribution is -0.121. The van der Waals surface area contributed by atoms with Crippen LogP contribution in [-0.4, -0.2) is 34.8 Å². The van der Waals surface area contributed by atoms with Crippen molar-refractivity contribution in [3.8, 4) is 0 Å². The summed E-state index contributed by atoms with van der Waals surface area (Å²) >= 11 is 0. The number of hydrogen-bond donors (Lipinski definition) is 2. The molecule has 0 radical (unpaired) electrons. The molecule has 94 valence electrons. The highest BCUT2D eigenvalue weighted by atomic mass is 16.1. The van der Waals surface area contributed by atoms with Crippen LogP contribution >= 0.6 is 0 Å². The smallest absolute Gasteiger partial charge is 0.221 e. The van der Waals surface area contributed by atoms with E-state index in [0.717, 1.165) is 18.7 Å². The number of aryl methyl sites for hydroxylation is 1. The summed E-state index contributed by atoms with van der Waals surface area (Å²) < 4.78 is 1.85. The Balaban J connectivity index is 1.53. The summed E-state index contributed by atoms with van der Waals surface area (Å²) in [6.07, 6.45) is 6.89. The molecule has 1 aliphatic carbocycles. The Labute approximate surface area is 102 Å². The normalized spacial score (nSPS) is 14.9. The van der Waals surface area contributed by atoms with Gasteiger partial charge in [-0.2, -0.15) is 5.10 Å². The molecule has 0 spiro atoms. The standard InChI is InChI=1S/C12H20N4O/c1-10-8-15-16(9-10)7-6-14-12(17)4-5-13-11-2-3-11/h8-9,11,13H,2-7H2,1H3,(H,14,17). The molecule has 5 heteroatoms. The van der Waals surface area contributed by atoms with E-state index in [1.165, 1.54) is 12.8 Å². The Kier molecular flexibility index (Phi) is 4.14. The van der Waals surface area contributed by atoms with Crippen molar-refractivity contribution in [3.05, 3.63) is 18.0 Å². The third-order valence-corrected chi connectivity index (χ3v) is 2.79. The summed E-state index contributed by atoms with van der Waals surface area (Å²) in [5.41, 5.74) is 1.14. The number of hydrogen-bond acceptors (Lipinski definition) is 3. The minimum atomic E-state index is 0.113. The van der Waals surface area contributed by atoms with Gasteiger partial charge in [0.2, 0.25) is 5.91 Å². The maximum absolute atomic E-state index is 11.5. The van der Waals surface area contributed by atoms with E-state index in [9.17, 15) is 4.79 Å². The van der Waals surface area contributed by atoms with Gasteiger partial charge in [0, 0.05) is 31.7 Å². The molecule has 0 unspecified atom stereocenters. The Hall–Kier alpha value is -1.36. The molecule has 0 atom stereocenters. The van der Waals surface area contributed by atoms with Crippen molar-refractivity contribution in [1.82, 2.24) is 20.4 Å². The molecular weight excluding hydrogens is 216 g/mol. The van der Waals surface area contributed by atoms with E-state index in [2.05, 4.69) is 15.7 Å². The third-order valence-electron chi connectivity index (χ3n) is 2.79. The molecule has 1 fully saturated rings. The van der Waals surface area contributed by atoms with Crippen molar-refractivity contribution in [3.63, 3.8) is 0 Å². The monoisotopic (exact) mass is 236 g/mol. The SMILES string of the molecule is Cc1cnn(CCNC(=O)CCNC2CC2)c1. The molecule has 1 heterocycles. The zero-order chi connectivity index (χ0) is 12.1. The Bertz CT molecular complexity index is 370. The molecule has 0 aliphatic heterocycles. The van der Waals surface area contributed by atoms with Crippen LogP contribution in [0, 0.1) is 6.92 Å². The van der Waals surface area contributed by atoms with Crippen LogP contribution in [0.4, 0.5) is 0 Å². The van der Waals surface area contributed by atoms with E-state index < -0.39 is 0 Å². The molecule has 1 amide bonds. The minimum absolute atomic E-state index is 0.113. The first kappa shape index (κ1) is 12.1. The number of carbonyl (C=O) groups excluding carboxylic acids is 1. The van der Waals surface area contributed by atoms with Gasteiger partial charge in [-0.05, 0) is 25.3 Å². The molecule has 1 saturated carbocycles. The Morgan fingerprint density at radius 3 is 3.00 bits per heavy atom. The average Bonchev–Trinajstić information content (AvgIpc) is 3.02. The van der Waals surface area contributed by atoms with Gasteiger partial charge in [-0.15, -0.1) is 0 Å². The van der Waals surface area contributed by atoms with Gasteiger partial charge >= 0.3 is 0 Å². The molecule has 0 bridgehead atoms. The van der Waals surface area contributed by atoms with Crippen LogP contribution in [-0.2, 0) is 11.3 Å². The van der Waals surface area contributed by atoms with E-state index >= 15 is 0 Å². The molecule has 1 aromatic heterocycles. The van der Waals surface area contributed by atoms with Crippen molar-refractivity contribution >= 4 is 5.91 Å². The molecule has 2 rings (SSSR count). The molecule has 2 N–H and O–H groups in total. The predicted molar refractivity (Wildman–Crippen MR) is 65.6 cm³/mol. The zero-order valence-corrected chi connectivity index (χ0v) is 10.3. The summed E-state index contributed by atoms with van der Waals surface area (Å²) in [5.74, 6) is 0.113. The van der Waals surface area contributed by atoms with Crippen molar-refractivity contribution in [1.29, 1.82) is 0 Å². The number of amides is 1. The van der Waals surface area contributed by atoms with Crippen LogP contribution in [0.1, 0.15) is 24.8 Å². The van der Waals surface area contributed by atoms with E-state index in [0.29, 0.717) is 19.0 Å². The highest BCUT2D eigenvalue weighted by molar-refractivity contribution is 5.75. The zero-order valence-electron chi connectivity index (χ0n) is 10.3. The van der Waals surface area contributed by atoms with Crippen molar-refractivity contribution < 1.29 is 4.79 Å². The fraction of sp³-hybridized carbons (Fsp3) is 0.667. The van der Waals surface area contributed by atoms with E-state index in [1.807, 2.05) is 24.0 Å². The summed E-state index contributed by atoms with van der Waals surface area (Å²) in [6.45, 7) is 4.17. The number of nitrogens with one attached hydrogen (secondary N) is 2. The molecule has 5 nitrogen and oxygen atoms in total. The van der Waals surface area contributed by atoms with Crippen molar-refractivity contribution in [2.24, 2.45) is 0 Å². The largest absolute Gasteiger partial charge is 0.354 e. The first-order valence-electron chi connectivity index (χ1n) is 6.23. The second-order valence-electron chi connectivity index (χ2n) is 4.61. The van der Waals surface area contributed by atoms with Crippen molar-refractivity contribution in [2.45, 2.75) is 38.8 Å². The van der Waals surface area contributed by atoms with E-state index in [4.69, 9.17) is 0 Å². The fourth-order valence-corrected chi connectivity index (χ4v) is 1.66. The minimum Gasteiger partial charge on any atom is -0.354 e. The molecule has 17 heavy (non-hydrogen) atoms. The molecule has 0 aromatic carbocycles. The topological polar surface area (TPSA) is 59.0 Å². The number of carbonyl (C=O) groups is 1. The highest BCUT2D eigenvalue weighted by Gasteiger charge is 2.19. The van der Waals surface area contributed by atoms with Gasteiger partial charge < -0.3 is 10.6 Å². The fourth-order valence-electron chi connectivity index (χ4n) is 1.66. The first-order chi connectivity index (χ1) is 8.24. The van der Waals surface area contributed by atoms with E-state index in [1.54, 1.807) is 0 Å². The van der Waals surface area contributed by atoms with E-state index in [-0.39, 0.29) is 5.91 Å². The van der Waals surface area contributed by atoms with Gasteiger partial charge in [-0.1, -0.05) is 0 Å². The third kappa shape index (κ3) is 4.56. The molecule has 1 aliphatic rings. The average molecular weight is 236 g/mol. The highest BCUT2D eigenvalue weighted by Crippen LogP contribution is 2.18. The van der Waals surface area contributed by atoms with Crippen LogP contribution in [0.2, 0.25) is 0 Å². The number of nitrogens with zero attached hydrogens (tertiary/aromatic N) is 2. The van der Waals surface area contributed by atoms with Crippen LogP contribution in [0.15, 0.2) is 12.4 Å². The molecular formula is C12H20N4O. The van der Waals surface area contributed by atoms with Crippen LogP contribution in [0.25, 0.3) is 0 Å². The summed E-state index contributed by atoms with van der Waals surface area (Å²) in [7, 11) is 0.